The van der Waals surface area contributed by atoms with Crippen LogP contribution in [-0.2, 0) is 10.3 Å². The van der Waals surface area contributed by atoms with Crippen molar-refractivity contribution in [2.45, 2.75) is 25.3 Å². The van der Waals surface area contributed by atoms with Crippen LogP contribution in [-0.4, -0.2) is 40.0 Å². The third-order valence-corrected chi connectivity index (χ3v) is 8.07. The minimum absolute atomic E-state index is 0.0452. The molecule has 6 rings (SSSR count). The standard InChI is InChI=1S/C27H23BrFN5O3S/c1-14-10-16(28)13-31-22(14)25(35)32-17-2-3-21-18(11-17)27(6-9-38-26(30)34-27)19-12-20(15-4-7-36-8-5-15)33-24(29)23(19)37-21/h2-4,10-13H,5-9H2,1H3,(H2,30,34)(H,32,35)/t27-/m0/s1. The highest BCUT2D eigenvalue weighted by Gasteiger charge is 2.46. The Kier molecular flexibility index (Phi) is 6.45. The van der Waals surface area contributed by atoms with Crippen molar-refractivity contribution in [1.29, 1.82) is 0 Å². The molecule has 8 nitrogen and oxygen atoms in total. The second-order valence-corrected chi connectivity index (χ2v) is 11.3. The number of benzene rings is 1. The highest BCUT2D eigenvalue weighted by atomic mass is 79.9. The monoisotopic (exact) mass is 595 g/mol. The van der Waals surface area contributed by atoms with Crippen LogP contribution in [0.2, 0.25) is 0 Å². The Morgan fingerprint density at radius 2 is 2.13 bits per heavy atom. The van der Waals surface area contributed by atoms with E-state index in [0.717, 1.165) is 15.6 Å². The summed E-state index contributed by atoms with van der Waals surface area (Å²) in [5.41, 5.74) is 9.57. The molecule has 3 aliphatic rings. The van der Waals surface area contributed by atoms with Crippen molar-refractivity contribution in [2.24, 2.45) is 10.7 Å². The summed E-state index contributed by atoms with van der Waals surface area (Å²) >= 11 is 4.83. The van der Waals surface area contributed by atoms with Crippen LogP contribution in [0.25, 0.3) is 5.57 Å². The van der Waals surface area contributed by atoms with Crippen LogP contribution in [0.1, 0.15) is 45.7 Å². The fourth-order valence-corrected chi connectivity index (χ4v) is 6.32. The number of carbonyl (C=O) groups excluding carboxylic acids is 1. The van der Waals surface area contributed by atoms with Gasteiger partial charge in [0.15, 0.2) is 10.9 Å². The highest BCUT2D eigenvalue weighted by molar-refractivity contribution is 9.10. The van der Waals surface area contributed by atoms with Gasteiger partial charge < -0.3 is 20.5 Å². The van der Waals surface area contributed by atoms with Crippen LogP contribution in [0.15, 0.2) is 52.1 Å². The molecule has 0 bridgehead atoms. The van der Waals surface area contributed by atoms with Crippen molar-refractivity contribution >= 4 is 50.0 Å². The van der Waals surface area contributed by atoms with Gasteiger partial charge in [-0.25, -0.2) is 15.0 Å². The number of nitrogens with one attached hydrogen (secondary N) is 1. The van der Waals surface area contributed by atoms with Gasteiger partial charge in [-0.15, -0.1) is 0 Å². The molecule has 2 aromatic heterocycles. The van der Waals surface area contributed by atoms with E-state index in [2.05, 4.69) is 31.2 Å². The average Bonchev–Trinajstić information content (AvgIpc) is 2.90. The molecule has 0 saturated heterocycles. The summed E-state index contributed by atoms with van der Waals surface area (Å²) in [6, 6.07) is 8.92. The van der Waals surface area contributed by atoms with E-state index < -0.39 is 11.5 Å². The Hall–Kier alpha value is -3.28. The van der Waals surface area contributed by atoms with Crippen molar-refractivity contribution < 1.29 is 18.7 Å². The van der Waals surface area contributed by atoms with E-state index in [9.17, 15) is 4.79 Å². The van der Waals surface area contributed by atoms with Crippen LogP contribution < -0.4 is 15.8 Å². The SMILES string of the molecule is Cc1cc(Br)cnc1C(=O)Nc1ccc2c(c1)[C@@]1(CCSC(N)=N1)c1cc(C3=CCOCC3)nc(F)c1O2. The summed E-state index contributed by atoms with van der Waals surface area (Å²) in [6.07, 6.45) is 4.70. The molecule has 0 unspecified atom stereocenters. The maximum atomic E-state index is 15.5. The normalized spacial score (nSPS) is 20.1. The number of aryl methyl sites for hydroxylation is 1. The van der Waals surface area contributed by atoms with E-state index in [1.54, 1.807) is 18.3 Å². The Bertz CT molecular complexity index is 1550. The van der Waals surface area contributed by atoms with Crippen LogP contribution >= 0.6 is 27.7 Å². The fraction of sp³-hybridized carbons (Fsp3) is 0.259. The number of rotatable bonds is 3. The van der Waals surface area contributed by atoms with Gasteiger partial charge in [-0.05, 0) is 77.2 Å². The molecule has 3 aliphatic heterocycles. The van der Waals surface area contributed by atoms with Gasteiger partial charge >= 0.3 is 0 Å². The number of ether oxygens (including phenoxy) is 2. The van der Waals surface area contributed by atoms with Crippen molar-refractivity contribution in [1.82, 2.24) is 9.97 Å². The number of carbonyl (C=O) groups is 1. The number of hydrogen-bond acceptors (Lipinski definition) is 8. The summed E-state index contributed by atoms with van der Waals surface area (Å²) in [6.45, 7) is 2.83. The first kappa shape index (κ1) is 25.0. The topological polar surface area (TPSA) is 112 Å². The number of halogens is 2. The predicted octanol–water partition coefficient (Wildman–Crippen LogP) is 5.54. The second kappa shape index (κ2) is 9.79. The van der Waals surface area contributed by atoms with E-state index in [-0.39, 0.29) is 11.7 Å². The number of aliphatic imine (C=N–C) groups is 1. The van der Waals surface area contributed by atoms with Crippen LogP contribution in [0.4, 0.5) is 10.1 Å². The van der Waals surface area contributed by atoms with Gasteiger partial charge in [0.2, 0.25) is 0 Å². The lowest BCUT2D eigenvalue weighted by atomic mass is 9.78. The van der Waals surface area contributed by atoms with Crippen molar-refractivity contribution in [3.05, 3.63) is 81.1 Å². The van der Waals surface area contributed by atoms with Gasteiger partial charge in [0.25, 0.3) is 11.9 Å². The summed E-state index contributed by atoms with van der Waals surface area (Å²) in [4.78, 5) is 26.4. The van der Waals surface area contributed by atoms with Gasteiger partial charge in [-0.3, -0.25) is 4.79 Å². The van der Waals surface area contributed by atoms with Crippen LogP contribution in [0, 0.1) is 12.9 Å². The first-order chi connectivity index (χ1) is 18.3. The van der Waals surface area contributed by atoms with Gasteiger partial charge in [0, 0.05) is 33.2 Å². The lowest BCUT2D eigenvalue weighted by Gasteiger charge is -2.39. The fourth-order valence-electron chi connectivity index (χ4n) is 5.04. The summed E-state index contributed by atoms with van der Waals surface area (Å²) < 4.78 is 27.7. The minimum atomic E-state index is -0.991. The number of aromatic nitrogens is 2. The van der Waals surface area contributed by atoms with E-state index in [4.69, 9.17) is 20.2 Å². The number of anilines is 1. The minimum Gasteiger partial charge on any atom is -0.452 e. The maximum absolute atomic E-state index is 15.5. The molecule has 194 valence electrons. The number of pyridine rings is 2. The van der Waals surface area contributed by atoms with Crippen LogP contribution in [0.5, 0.6) is 11.5 Å². The molecule has 3 aromatic rings. The van der Waals surface area contributed by atoms with Crippen LogP contribution in [0.3, 0.4) is 0 Å². The Labute approximate surface area is 231 Å². The molecule has 0 aliphatic carbocycles. The molecule has 0 fully saturated rings. The van der Waals surface area contributed by atoms with Gasteiger partial charge in [0.1, 0.15) is 17.0 Å². The molecule has 1 atom stereocenters. The molecule has 3 N–H and O–H groups in total. The maximum Gasteiger partial charge on any atom is 0.274 e. The van der Waals surface area contributed by atoms with E-state index in [1.807, 2.05) is 31.2 Å². The van der Waals surface area contributed by atoms with E-state index >= 15 is 4.39 Å². The molecule has 5 heterocycles. The average molecular weight is 596 g/mol. The lowest BCUT2D eigenvalue weighted by molar-refractivity contribution is 0.102. The molecular weight excluding hydrogens is 573 g/mol. The first-order valence-corrected chi connectivity index (χ1v) is 13.8. The third-order valence-electron chi connectivity index (χ3n) is 6.84. The van der Waals surface area contributed by atoms with E-state index in [1.165, 1.54) is 11.8 Å². The van der Waals surface area contributed by atoms with Gasteiger partial charge in [0.05, 0.1) is 18.9 Å². The summed E-state index contributed by atoms with van der Waals surface area (Å²) in [7, 11) is 0. The number of nitrogens with two attached hydrogens (primary N) is 1. The molecule has 0 radical (unpaired) electrons. The molecule has 11 heteroatoms. The Morgan fingerprint density at radius 3 is 2.89 bits per heavy atom. The quantitative estimate of drug-likeness (QED) is 0.382. The zero-order chi connectivity index (χ0) is 26.4. The number of hydrogen-bond donors (Lipinski definition) is 2. The zero-order valence-corrected chi connectivity index (χ0v) is 22.8. The Morgan fingerprint density at radius 1 is 1.26 bits per heavy atom. The molecule has 38 heavy (non-hydrogen) atoms. The van der Waals surface area contributed by atoms with Crippen molar-refractivity contribution in [2.75, 3.05) is 24.3 Å². The van der Waals surface area contributed by atoms with Crippen molar-refractivity contribution in [3.63, 3.8) is 0 Å². The smallest absolute Gasteiger partial charge is 0.274 e. The number of amides is 1. The Balaban J connectivity index is 1.46. The number of nitrogens with zero attached hydrogens (tertiary/aromatic N) is 3. The summed E-state index contributed by atoms with van der Waals surface area (Å²) in [5.74, 6) is 0.130. The number of amidine groups is 1. The molecule has 1 spiro atoms. The van der Waals surface area contributed by atoms with Crippen molar-refractivity contribution in [3.8, 4) is 11.5 Å². The third kappa shape index (κ3) is 4.38. The molecular formula is C27H23BrFN5O3S. The second-order valence-electron chi connectivity index (χ2n) is 9.22. The lowest BCUT2D eigenvalue weighted by Crippen LogP contribution is -2.36. The molecule has 1 aromatic carbocycles. The molecule has 1 amide bonds. The highest BCUT2D eigenvalue weighted by Crippen LogP contribution is 2.54. The zero-order valence-electron chi connectivity index (χ0n) is 20.4. The molecule has 0 saturated carbocycles. The van der Waals surface area contributed by atoms with Gasteiger partial charge in [-0.1, -0.05) is 17.8 Å². The first-order valence-electron chi connectivity index (χ1n) is 12.1. The predicted molar refractivity (Wildman–Crippen MR) is 148 cm³/mol. The number of thioether (sulfide) groups is 1. The van der Waals surface area contributed by atoms with E-state index in [0.29, 0.717) is 70.9 Å². The van der Waals surface area contributed by atoms with Gasteiger partial charge in [-0.2, -0.15) is 4.39 Å². The number of fused-ring (bicyclic) bond motifs is 4. The largest absolute Gasteiger partial charge is 0.452 e. The summed E-state index contributed by atoms with van der Waals surface area (Å²) in [5, 5.41) is 3.34.